The minimum atomic E-state index is -0.119. The van der Waals surface area contributed by atoms with Gasteiger partial charge in [-0.3, -0.25) is 4.79 Å². The van der Waals surface area contributed by atoms with Crippen molar-refractivity contribution < 1.29 is 9.53 Å². The average Bonchev–Trinajstić information content (AvgIpc) is 2.55. The molecule has 3 heteroatoms. The highest BCUT2D eigenvalue weighted by molar-refractivity contribution is 6.08. The monoisotopic (exact) mass is 275 g/mol. The van der Waals surface area contributed by atoms with Crippen LogP contribution in [0.3, 0.4) is 0 Å². The fourth-order valence-electron chi connectivity index (χ4n) is 2.36. The molecular formula is C18H13NO2. The van der Waals surface area contributed by atoms with Gasteiger partial charge in [-0.05, 0) is 29.8 Å². The van der Waals surface area contributed by atoms with Gasteiger partial charge in [0.15, 0.2) is 5.78 Å². The fourth-order valence-corrected chi connectivity index (χ4v) is 2.36. The summed E-state index contributed by atoms with van der Waals surface area (Å²) < 4.78 is 5.63. The van der Waals surface area contributed by atoms with E-state index in [2.05, 4.69) is 6.07 Å². The number of nitriles is 1. The summed E-state index contributed by atoms with van der Waals surface area (Å²) in [6, 6.07) is 16.6. The molecule has 1 heterocycles. The maximum absolute atomic E-state index is 12.3. The van der Waals surface area contributed by atoms with Crippen LogP contribution in [0.25, 0.3) is 5.76 Å². The molecule has 21 heavy (non-hydrogen) atoms. The van der Waals surface area contributed by atoms with Crippen molar-refractivity contribution in [3.8, 4) is 6.07 Å². The van der Waals surface area contributed by atoms with E-state index in [1.807, 2.05) is 24.3 Å². The molecule has 102 valence electrons. The van der Waals surface area contributed by atoms with Crippen LogP contribution >= 0.6 is 0 Å². The molecule has 0 bridgehead atoms. The molecule has 3 nitrogen and oxygen atoms in total. The van der Waals surface area contributed by atoms with Crippen LogP contribution < -0.4 is 0 Å². The lowest BCUT2D eigenvalue weighted by Crippen LogP contribution is -2.10. The van der Waals surface area contributed by atoms with Crippen molar-refractivity contribution in [3.05, 3.63) is 76.9 Å². The van der Waals surface area contributed by atoms with Crippen LogP contribution in [0, 0.1) is 11.3 Å². The Bertz CT molecular complexity index is 752. The van der Waals surface area contributed by atoms with E-state index < -0.39 is 0 Å². The number of allylic oxidation sites excluding steroid dienone is 1. The van der Waals surface area contributed by atoms with Gasteiger partial charge in [-0.1, -0.05) is 24.3 Å². The number of benzene rings is 2. The van der Waals surface area contributed by atoms with Crippen LogP contribution in [0.2, 0.25) is 0 Å². The van der Waals surface area contributed by atoms with E-state index in [-0.39, 0.29) is 5.78 Å². The molecule has 0 spiro atoms. The third-order valence-corrected chi connectivity index (χ3v) is 3.47. The average molecular weight is 275 g/mol. The molecule has 0 saturated heterocycles. The van der Waals surface area contributed by atoms with Gasteiger partial charge >= 0.3 is 0 Å². The minimum absolute atomic E-state index is 0.119. The number of hydrogen-bond donors (Lipinski definition) is 0. The maximum Gasteiger partial charge on any atom is 0.189 e. The van der Waals surface area contributed by atoms with Gasteiger partial charge < -0.3 is 4.74 Å². The van der Waals surface area contributed by atoms with E-state index in [1.54, 1.807) is 24.3 Å². The summed E-state index contributed by atoms with van der Waals surface area (Å²) in [6.45, 7) is 0.587. The van der Waals surface area contributed by atoms with Gasteiger partial charge in [0.25, 0.3) is 0 Å². The van der Waals surface area contributed by atoms with E-state index in [0.29, 0.717) is 23.5 Å². The second-order valence-electron chi connectivity index (χ2n) is 4.82. The minimum Gasteiger partial charge on any atom is -0.492 e. The second-order valence-corrected chi connectivity index (χ2v) is 4.82. The number of ether oxygens (including phenoxy) is 1. The number of rotatable bonds is 2. The fraction of sp³-hybridized carbons (Fsp3) is 0.111. The predicted molar refractivity (Wildman–Crippen MR) is 79.6 cm³/mol. The number of carbonyl (C=O) groups excluding carboxylic acids is 1. The number of nitrogens with zero attached hydrogens (tertiary/aromatic N) is 1. The van der Waals surface area contributed by atoms with Crippen LogP contribution in [0.15, 0.2) is 54.6 Å². The van der Waals surface area contributed by atoms with Gasteiger partial charge in [-0.15, -0.1) is 0 Å². The van der Waals surface area contributed by atoms with E-state index in [0.717, 1.165) is 12.0 Å². The standard InChI is InChI=1S/C18H13NO2/c19-12-13-5-7-15(8-6-13)17(20)11-18-16-4-2-1-3-14(16)9-10-21-18/h1-8,11H,9-10H2/b18-11-. The molecular weight excluding hydrogens is 262 g/mol. The number of hydrogen-bond acceptors (Lipinski definition) is 3. The zero-order chi connectivity index (χ0) is 14.7. The van der Waals surface area contributed by atoms with Gasteiger partial charge in [0.1, 0.15) is 5.76 Å². The molecule has 0 atom stereocenters. The highest BCUT2D eigenvalue weighted by Crippen LogP contribution is 2.26. The van der Waals surface area contributed by atoms with Crippen LogP contribution in [0.1, 0.15) is 27.0 Å². The molecule has 0 radical (unpaired) electrons. The first-order valence-corrected chi connectivity index (χ1v) is 6.75. The normalized spacial score (nSPS) is 14.9. The van der Waals surface area contributed by atoms with Crippen molar-refractivity contribution in [1.82, 2.24) is 0 Å². The van der Waals surface area contributed by atoms with Gasteiger partial charge in [-0.2, -0.15) is 5.26 Å². The smallest absolute Gasteiger partial charge is 0.189 e. The molecule has 0 amide bonds. The quantitative estimate of drug-likeness (QED) is 0.623. The number of ketones is 1. The summed E-state index contributed by atoms with van der Waals surface area (Å²) in [5, 5.41) is 8.77. The zero-order valence-electron chi connectivity index (χ0n) is 11.4. The summed E-state index contributed by atoms with van der Waals surface area (Å²) in [7, 11) is 0. The zero-order valence-corrected chi connectivity index (χ0v) is 11.4. The molecule has 0 aliphatic carbocycles. The van der Waals surface area contributed by atoms with E-state index in [9.17, 15) is 4.79 Å². The van der Waals surface area contributed by atoms with Crippen molar-refractivity contribution in [2.75, 3.05) is 6.61 Å². The van der Waals surface area contributed by atoms with Gasteiger partial charge in [-0.25, -0.2) is 0 Å². The molecule has 0 aromatic heterocycles. The van der Waals surface area contributed by atoms with Crippen LogP contribution in [-0.2, 0) is 11.2 Å². The molecule has 3 rings (SSSR count). The number of carbonyl (C=O) groups is 1. The molecule has 0 unspecified atom stereocenters. The lowest BCUT2D eigenvalue weighted by molar-refractivity contribution is 0.104. The first-order valence-electron chi connectivity index (χ1n) is 6.75. The molecule has 0 fully saturated rings. The Labute approximate surface area is 123 Å². The molecule has 2 aromatic rings. The number of fused-ring (bicyclic) bond motifs is 1. The SMILES string of the molecule is N#Cc1ccc(C(=O)/C=C2\OCCc3ccccc32)cc1. The van der Waals surface area contributed by atoms with Crippen molar-refractivity contribution >= 4 is 11.5 Å². The highest BCUT2D eigenvalue weighted by atomic mass is 16.5. The Morgan fingerprint density at radius 2 is 1.90 bits per heavy atom. The lowest BCUT2D eigenvalue weighted by Gasteiger charge is -2.19. The van der Waals surface area contributed by atoms with Crippen molar-refractivity contribution in [2.24, 2.45) is 0 Å². The predicted octanol–water partition coefficient (Wildman–Crippen LogP) is 3.35. The highest BCUT2D eigenvalue weighted by Gasteiger charge is 2.16. The molecule has 2 aromatic carbocycles. The third kappa shape index (κ3) is 2.70. The molecule has 0 saturated carbocycles. The maximum atomic E-state index is 12.3. The topological polar surface area (TPSA) is 50.1 Å². The summed E-state index contributed by atoms with van der Waals surface area (Å²) in [5.74, 6) is 0.498. The Balaban J connectivity index is 1.91. The van der Waals surface area contributed by atoms with Crippen molar-refractivity contribution in [1.29, 1.82) is 5.26 Å². The van der Waals surface area contributed by atoms with Crippen LogP contribution in [0.4, 0.5) is 0 Å². The van der Waals surface area contributed by atoms with E-state index in [1.165, 1.54) is 11.6 Å². The van der Waals surface area contributed by atoms with Crippen LogP contribution in [0.5, 0.6) is 0 Å². The first-order chi connectivity index (χ1) is 10.3. The Morgan fingerprint density at radius 1 is 1.14 bits per heavy atom. The van der Waals surface area contributed by atoms with Crippen molar-refractivity contribution in [2.45, 2.75) is 6.42 Å². The van der Waals surface area contributed by atoms with Gasteiger partial charge in [0, 0.05) is 23.6 Å². The largest absolute Gasteiger partial charge is 0.492 e. The summed E-state index contributed by atoms with van der Waals surface area (Å²) in [6.07, 6.45) is 2.39. The summed E-state index contributed by atoms with van der Waals surface area (Å²) in [4.78, 5) is 12.3. The second kappa shape index (κ2) is 5.64. The first kappa shape index (κ1) is 13.1. The van der Waals surface area contributed by atoms with Gasteiger partial charge in [0.05, 0.1) is 18.2 Å². The Morgan fingerprint density at radius 3 is 2.67 bits per heavy atom. The van der Waals surface area contributed by atoms with E-state index >= 15 is 0 Å². The summed E-state index contributed by atoms with van der Waals surface area (Å²) >= 11 is 0. The molecule has 1 aliphatic heterocycles. The lowest BCUT2D eigenvalue weighted by atomic mass is 9.99. The van der Waals surface area contributed by atoms with Gasteiger partial charge in [0.2, 0.25) is 0 Å². The van der Waals surface area contributed by atoms with Crippen LogP contribution in [-0.4, -0.2) is 12.4 Å². The molecule has 1 aliphatic rings. The van der Waals surface area contributed by atoms with E-state index in [4.69, 9.17) is 10.00 Å². The third-order valence-electron chi connectivity index (χ3n) is 3.47. The van der Waals surface area contributed by atoms with Crippen molar-refractivity contribution in [3.63, 3.8) is 0 Å². The summed E-state index contributed by atoms with van der Waals surface area (Å²) in [5.41, 5.74) is 3.26. The Kier molecular flexibility index (Phi) is 3.53. The molecule has 0 N–H and O–H groups in total. The Hall–Kier alpha value is -2.86.